The number of rotatable bonds is 5. The van der Waals surface area contributed by atoms with Crippen molar-refractivity contribution in [2.45, 2.75) is 6.42 Å². The van der Waals surface area contributed by atoms with E-state index >= 15 is 0 Å². The summed E-state index contributed by atoms with van der Waals surface area (Å²) in [6.07, 6.45) is 2.53. The average Bonchev–Trinajstić information content (AvgIpc) is 2.73. The van der Waals surface area contributed by atoms with Crippen LogP contribution in [0.2, 0.25) is 0 Å². The first-order chi connectivity index (χ1) is 8.42. The van der Waals surface area contributed by atoms with E-state index in [0.29, 0.717) is 0 Å². The summed E-state index contributed by atoms with van der Waals surface area (Å²) in [4.78, 5) is 4.11. The number of nitrogens with zero attached hydrogens (tertiary/aromatic N) is 1. The number of nitrogens with one attached hydrogen (secondary N) is 2. The molecule has 1 aromatic carbocycles. The number of hydrogen-bond acceptors (Lipinski definition) is 4. The van der Waals surface area contributed by atoms with Crippen LogP contribution in [0.5, 0.6) is 0 Å². The molecule has 0 aliphatic carbocycles. The molecule has 2 aromatic rings. The van der Waals surface area contributed by atoms with E-state index in [1.54, 1.807) is 0 Å². The Balaban J connectivity index is 1.49. The molecular weight excluding hydrogens is 214 g/mol. The van der Waals surface area contributed by atoms with Crippen LogP contribution in [0, 0.1) is 5.92 Å². The third kappa shape index (κ3) is 2.48. The predicted octanol–water partition coefficient (Wildman–Crippen LogP) is 1.18. The van der Waals surface area contributed by atoms with Gasteiger partial charge in [-0.1, -0.05) is 6.07 Å². The van der Waals surface area contributed by atoms with E-state index in [2.05, 4.69) is 27.8 Å². The van der Waals surface area contributed by atoms with Crippen molar-refractivity contribution in [2.24, 2.45) is 5.92 Å². The maximum Gasteiger partial charge on any atom is 0.181 e. The molecule has 0 amide bonds. The van der Waals surface area contributed by atoms with Gasteiger partial charge in [-0.15, -0.1) is 0 Å². The number of fused-ring (bicyclic) bond motifs is 1. The molecule has 4 nitrogen and oxygen atoms in total. The van der Waals surface area contributed by atoms with Gasteiger partial charge in [-0.05, 0) is 36.6 Å². The minimum atomic E-state index is 0.826. The molecule has 4 heteroatoms. The van der Waals surface area contributed by atoms with Gasteiger partial charge in [0.2, 0.25) is 0 Å². The Morgan fingerprint density at radius 2 is 2.35 bits per heavy atom. The molecule has 0 unspecified atom stereocenters. The molecule has 1 aromatic heterocycles. The highest BCUT2D eigenvalue weighted by molar-refractivity contribution is 5.72. The molecule has 1 aliphatic rings. The van der Waals surface area contributed by atoms with Crippen LogP contribution in [0.4, 0.5) is 0 Å². The van der Waals surface area contributed by atoms with Crippen LogP contribution in [0.1, 0.15) is 5.56 Å². The summed E-state index contributed by atoms with van der Waals surface area (Å²) < 4.78 is 5.29. The highest BCUT2D eigenvalue weighted by Gasteiger charge is 2.15. The highest BCUT2D eigenvalue weighted by Crippen LogP contribution is 2.14. The first-order valence-electron chi connectivity index (χ1n) is 6.15. The Hall–Kier alpha value is -1.39. The van der Waals surface area contributed by atoms with Gasteiger partial charge in [0.25, 0.3) is 0 Å². The van der Waals surface area contributed by atoms with E-state index in [-0.39, 0.29) is 0 Å². The van der Waals surface area contributed by atoms with Crippen LogP contribution >= 0.6 is 0 Å². The van der Waals surface area contributed by atoms with E-state index in [9.17, 15) is 0 Å². The summed E-state index contributed by atoms with van der Waals surface area (Å²) in [7, 11) is 0. The molecule has 90 valence electrons. The minimum Gasteiger partial charge on any atom is -0.443 e. The lowest BCUT2D eigenvalue weighted by Gasteiger charge is -2.27. The smallest absolute Gasteiger partial charge is 0.181 e. The minimum absolute atomic E-state index is 0.826. The van der Waals surface area contributed by atoms with Crippen LogP contribution in [0.25, 0.3) is 11.1 Å². The Morgan fingerprint density at radius 3 is 3.18 bits per heavy atom. The molecule has 1 fully saturated rings. The fourth-order valence-corrected chi connectivity index (χ4v) is 2.09. The summed E-state index contributed by atoms with van der Waals surface area (Å²) in [6.45, 7) is 4.47. The fraction of sp³-hybridized carbons (Fsp3) is 0.462. The Kier molecular flexibility index (Phi) is 3.07. The van der Waals surface area contributed by atoms with Gasteiger partial charge in [0.1, 0.15) is 5.52 Å². The topological polar surface area (TPSA) is 50.1 Å². The van der Waals surface area contributed by atoms with Crippen molar-refractivity contribution in [3.63, 3.8) is 0 Å². The average molecular weight is 231 g/mol. The molecule has 0 spiro atoms. The van der Waals surface area contributed by atoms with Gasteiger partial charge in [-0.2, -0.15) is 0 Å². The van der Waals surface area contributed by atoms with Crippen molar-refractivity contribution in [2.75, 3.05) is 26.2 Å². The number of aromatic nitrogens is 1. The molecule has 0 atom stereocenters. The van der Waals surface area contributed by atoms with E-state index in [1.807, 2.05) is 6.07 Å². The lowest BCUT2D eigenvalue weighted by atomic mass is 10.0. The van der Waals surface area contributed by atoms with Gasteiger partial charge in [0.05, 0.1) is 0 Å². The molecule has 0 saturated carbocycles. The third-order valence-electron chi connectivity index (χ3n) is 3.29. The Bertz CT molecular complexity index is 490. The second-order valence-electron chi connectivity index (χ2n) is 4.63. The molecule has 2 heterocycles. The standard InChI is InChI=1S/C13H17N3O/c1-2-12-13(17-9-16-12)5-10(1)3-4-14-6-11-7-15-8-11/h1-2,5,9,11,14-15H,3-4,6-8H2. The van der Waals surface area contributed by atoms with Gasteiger partial charge in [-0.25, -0.2) is 4.98 Å². The summed E-state index contributed by atoms with van der Waals surface area (Å²) in [6, 6.07) is 6.22. The monoisotopic (exact) mass is 231 g/mol. The van der Waals surface area contributed by atoms with E-state index in [1.165, 1.54) is 12.0 Å². The lowest BCUT2D eigenvalue weighted by Crippen LogP contribution is -2.47. The zero-order valence-electron chi connectivity index (χ0n) is 9.78. The Labute approximate surface area is 100 Å². The second-order valence-corrected chi connectivity index (χ2v) is 4.63. The summed E-state index contributed by atoms with van der Waals surface area (Å²) in [5, 5.41) is 6.77. The van der Waals surface area contributed by atoms with Crippen LogP contribution in [0.3, 0.4) is 0 Å². The van der Waals surface area contributed by atoms with Crippen molar-refractivity contribution < 1.29 is 4.42 Å². The zero-order valence-corrected chi connectivity index (χ0v) is 9.78. The second kappa shape index (κ2) is 4.85. The predicted molar refractivity (Wildman–Crippen MR) is 66.9 cm³/mol. The van der Waals surface area contributed by atoms with Crippen LogP contribution < -0.4 is 10.6 Å². The molecule has 1 aliphatic heterocycles. The van der Waals surface area contributed by atoms with E-state index in [0.717, 1.165) is 49.6 Å². The van der Waals surface area contributed by atoms with E-state index in [4.69, 9.17) is 4.42 Å². The SMILES string of the molecule is c1nc2ccc(CCNCC3CNC3)cc2o1. The Morgan fingerprint density at radius 1 is 1.41 bits per heavy atom. The molecule has 3 rings (SSSR count). The highest BCUT2D eigenvalue weighted by atomic mass is 16.3. The summed E-state index contributed by atoms with van der Waals surface area (Å²) >= 11 is 0. The summed E-state index contributed by atoms with van der Waals surface area (Å²) in [5.74, 6) is 0.826. The van der Waals surface area contributed by atoms with Gasteiger partial charge in [0.15, 0.2) is 12.0 Å². The van der Waals surface area contributed by atoms with Crippen molar-refractivity contribution in [3.05, 3.63) is 30.2 Å². The van der Waals surface area contributed by atoms with Crippen LogP contribution in [-0.2, 0) is 6.42 Å². The number of hydrogen-bond donors (Lipinski definition) is 2. The molecule has 1 saturated heterocycles. The molecule has 0 radical (unpaired) electrons. The van der Waals surface area contributed by atoms with Gasteiger partial charge in [0, 0.05) is 19.6 Å². The first kappa shape index (κ1) is 10.7. The largest absolute Gasteiger partial charge is 0.443 e. The van der Waals surface area contributed by atoms with Gasteiger partial charge in [-0.3, -0.25) is 0 Å². The van der Waals surface area contributed by atoms with Crippen LogP contribution in [0.15, 0.2) is 29.0 Å². The maximum absolute atomic E-state index is 5.29. The summed E-state index contributed by atoms with van der Waals surface area (Å²) in [5.41, 5.74) is 3.11. The zero-order chi connectivity index (χ0) is 11.5. The first-order valence-corrected chi connectivity index (χ1v) is 6.15. The normalized spacial score (nSPS) is 16.2. The van der Waals surface area contributed by atoms with Gasteiger partial charge >= 0.3 is 0 Å². The quantitative estimate of drug-likeness (QED) is 0.759. The van der Waals surface area contributed by atoms with Crippen molar-refractivity contribution in [1.82, 2.24) is 15.6 Å². The molecular formula is C13H17N3O. The lowest BCUT2D eigenvalue weighted by molar-refractivity contribution is 0.333. The number of oxazole rings is 1. The van der Waals surface area contributed by atoms with Crippen molar-refractivity contribution in [1.29, 1.82) is 0 Å². The molecule has 2 N–H and O–H groups in total. The number of benzene rings is 1. The third-order valence-corrected chi connectivity index (χ3v) is 3.29. The fourth-order valence-electron chi connectivity index (χ4n) is 2.09. The maximum atomic E-state index is 5.29. The van der Waals surface area contributed by atoms with E-state index < -0.39 is 0 Å². The van der Waals surface area contributed by atoms with Gasteiger partial charge < -0.3 is 15.1 Å². The van der Waals surface area contributed by atoms with Crippen LogP contribution in [-0.4, -0.2) is 31.2 Å². The van der Waals surface area contributed by atoms with Crippen molar-refractivity contribution in [3.8, 4) is 0 Å². The van der Waals surface area contributed by atoms with Crippen molar-refractivity contribution >= 4 is 11.1 Å². The molecule has 17 heavy (non-hydrogen) atoms. The molecule has 0 bridgehead atoms.